The second-order valence-corrected chi connectivity index (χ2v) is 8.61. The summed E-state index contributed by atoms with van der Waals surface area (Å²) in [7, 11) is 0. The molecule has 0 fully saturated rings. The molecular formula is C24H23N3O2S. The van der Waals surface area contributed by atoms with Gasteiger partial charge >= 0.3 is 0 Å². The van der Waals surface area contributed by atoms with Gasteiger partial charge in [-0.2, -0.15) is 0 Å². The second-order valence-electron chi connectivity index (χ2n) is 7.32. The standard InChI is InChI=1S/C24H23N3O2S/c1-15-9-8-10-19(13-15)23-25-26-24(29-23)30-18(4)22(28)21-14-16(2)27(17(21)3)20-11-6-5-7-12-20/h5-14,18H,1-4H3/t18-/m0/s1. The summed E-state index contributed by atoms with van der Waals surface area (Å²) in [6.07, 6.45) is 0. The molecule has 0 amide bonds. The summed E-state index contributed by atoms with van der Waals surface area (Å²) in [4.78, 5) is 13.2. The fourth-order valence-corrected chi connectivity index (χ4v) is 4.31. The number of hydrogen-bond acceptors (Lipinski definition) is 5. The quantitative estimate of drug-likeness (QED) is 0.292. The van der Waals surface area contributed by atoms with E-state index in [-0.39, 0.29) is 11.0 Å². The van der Waals surface area contributed by atoms with Crippen molar-refractivity contribution in [2.45, 2.75) is 38.2 Å². The molecule has 0 saturated heterocycles. The lowest BCUT2D eigenvalue weighted by atomic mass is 10.1. The van der Waals surface area contributed by atoms with E-state index >= 15 is 0 Å². The highest BCUT2D eigenvalue weighted by atomic mass is 32.2. The highest BCUT2D eigenvalue weighted by Crippen LogP contribution is 2.30. The third-order valence-corrected chi connectivity index (χ3v) is 5.96. The maximum absolute atomic E-state index is 13.2. The summed E-state index contributed by atoms with van der Waals surface area (Å²) in [5, 5.41) is 8.30. The second kappa shape index (κ2) is 8.32. The monoisotopic (exact) mass is 417 g/mol. The summed E-state index contributed by atoms with van der Waals surface area (Å²) in [6.45, 7) is 7.88. The first-order chi connectivity index (χ1) is 14.4. The highest BCUT2D eigenvalue weighted by Gasteiger charge is 2.24. The van der Waals surface area contributed by atoms with Gasteiger partial charge in [0.05, 0.1) is 5.25 Å². The molecule has 0 aliphatic carbocycles. The molecule has 0 aliphatic rings. The molecule has 2 heterocycles. The third kappa shape index (κ3) is 3.96. The predicted molar refractivity (Wildman–Crippen MR) is 119 cm³/mol. The maximum Gasteiger partial charge on any atom is 0.277 e. The van der Waals surface area contributed by atoms with Crippen LogP contribution in [-0.2, 0) is 0 Å². The van der Waals surface area contributed by atoms with Gasteiger partial charge < -0.3 is 8.98 Å². The molecule has 2 aromatic heterocycles. The Bertz CT molecular complexity index is 1190. The molecule has 30 heavy (non-hydrogen) atoms. The van der Waals surface area contributed by atoms with Crippen LogP contribution in [0.5, 0.6) is 0 Å². The Hall–Kier alpha value is -3.12. The van der Waals surface area contributed by atoms with Crippen molar-refractivity contribution in [2.24, 2.45) is 0 Å². The number of aromatic nitrogens is 3. The van der Waals surface area contributed by atoms with Crippen molar-refractivity contribution in [3.63, 3.8) is 0 Å². The molecule has 4 rings (SSSR count). The molecule has 1 atom stereocenters. The number of carbonyl (C=O) groups excluding carboxylic acids is 1. The summed E-state index contributed by atoms with van der Waals surface area (Å²) in [5.74, 6) is 0.508. The van der Waals surface area contributed by atoms with Crippen molar-refractivity contribution in [1.82, 2.24) is 14.8 Å². The number of aryl methyl sites for hydroxylation is 2. The van der Waals surface area contributed by atoms with Crippen LogP contribution in [0.3, 0.4) is 0 Å². The average molecular weight is 418 g/mol. The number of Topliss-reactive ketones (excluding diaryl/α,β-unsaturated/α-hetero) is 1. The van der Waals surface area contributed by atoms with E-state index in [9.17, 15) is 4.79 Å². The Balaban J connectivity index is 1.54. The van der Waals surface area contributed by atoms with Gasteiger partial charge in [-0.25, -0.2) is 0 Å². The molecule has 0 N–H and O–H groups in total. The van der Waals surface area contributed by atoms with Crippen LogP contribution in [0.25, 0.3) is 17.1 Å². The molecule has 5 nitrogen and oxygen atoms in total. The largest absolute Gasteiger partial charge is 0.411 e. The van der Waals surface area contributed by atoms with Gasteiger partial charge in [0, 0.05) is 28.2 Å². The molecule has 2 aromatic carbocycles. The van der Waals surface area contributed by atoms with E-state index in [2.05, 4.69) is 14.8 Å². The molecule has 4 aromatic rings. The third-order valence-electron chi connectivity index (χ3n) is 5.03. The maximum atomic E-state index is 13.2. The number of hydrogen-bond donors (Lipinski definition) is 0. The molecule has 0 saturated carbocycles. The van der Waals surface area contributed by atoms with E-state index in [4.69, 9.17) is 4.42 Å². The molecule has 6 heteroatoms. The lowest BCUT2D eigenvalue weighted by Gasteiger charge is -2.11. The summed E-state index contributed by atoms with van der Waals surface area (Å²) in [6, 6.07) is 19.9. The minimum Gasteiger partial charge on any atom is -0.411 e. The highest BCUT2D eigenvalue weighted by molar-refractivity contribution is 8.00. The summed E-state index contributed by atoms with van der Waals surface area (Å²) < 4.78 is 7.90. The Morgan fingerprint density at radius 1 is 1.00 bits per heavy atom. The Morgan fingerprint density at radius 2 is 1.77 bits per heavy atom. The molecule has 0 radical (unpaired) electrons. The van der Waals surface area contributed by atoms with Gasteiger partial charge in [0.2, 0.25) is 5.89 Å². The number of para-hydroxylation sites is 1. The lowest BCUT2D eigenvalue weighted by molar-refractivity contribution is 0.0993. The van der Waals surface area contributed by atoms with Crippen LogP contribution < -0.4 is 0 Å². The van der Waals surface area contributed by atoms with Crippen molar-refractivity contribution >= 4 is 17.5 Å². The Labute approximate surface area is 180 Å². The van der Waals surface area contributed by atoms with Crippen molar-refractivity contribution in [1.29, 1.82) is 0 Å². The Kier molecular flexibility index (Phi) is 5.59. The summed E-state index contributed by atoms with van der Waals surface area (Å²) >= 11 is 1.29. The number of carbonyl (C=O) groups is 1. The van der Waals surface area contributed by atoms with Crippen molar-refractivity contribution in [3.8, 4) is 17.1 Å². The van der Waals surface area contributed by atoms with E-state index in [0.717, 1.165) is 33.8 Å². The zero-order valence-corrected chi connectivity index (χ0v) is 18.2. The van der Waals surface area contributed by atoms with Crippen molar-refractivity contribution in [3.05, 3.63) is 83.2 Å². The first-order valence-electron chi connectivity index (χ1n) is 9.80. The molecule has 0 bridgehead atoms. The topological polar surface area (TPSA) is 60.9 Å². The van der Waals surface area contributed by atoms with Crippen LogP contribution in [0, 0.1) is 20.8 Å². The zero-order chi connectivity index (χ0) is 21.3. The van der Waals surface area contributed by atoms with Crippen LogP contribution in [0.15, 0.2) is 70.3 Å². The minimum atomic E-state index is -0.347. The van der Waals surface area contributed by atoms with Gasteiger partial charge in [-0.3, -0.25) is 4.79 Å². The number of benzene rings is 2. The fraction of sp³-hybridized carbons (Fsp3) is 0.208. The van der Waals surface area contributed by atoms with Gasteiger partial charge in [-0.15, -0.1) is 10.2 Å². The van der Waals surface area contributed by atoms with E-state index in [1.54, 1.807) is 0 Å². The van der Waals surface area contributed by atoms with Crippen LogP contribution in [0.4, 0.5) is 0 Å². The van der Waals surface area contributed by atoms with E-state index in [1.165, 1.54) is 11.8 Å². The van der Waals surface area contributed by atoms with Crippen LogP contribution in [-0.4, -0.2) is 25.8 Å². The van der Waals surface area contributed by atoms with E-state index in [0.29, 0.717) is 11.1 Å². The van der Waals surface area contributed by atoms with Crippen LogP contribution in [0.2, 0.25) is 0 Å². The molecular weight excluding hydrogens is 394 g/mol. The number of thioether (sulfide) groups is 1. The predicted octanol–water partition coefficient (Wildman–Crippen LogP) is 5.82. The molecule has 0 unspecified atom stereocenters. The first kappa shape index (κ1) is 20.2. The van der Waals surface area contributed by atoms with Gasteiger partial charge in [0.15, 0.2) is 5.78 Å². The van der Waals surface area contributed by atoms with Crippen LogP contribution >= 0.6 is 11.8 Å². The normalized spacial score (nSPS) is 12.1. The SMILES string of the molecule is Cc1cccc(-c2nnc(S[C@@H](C)C(=O)c3cc(C)n(-c4ccccc4)c3C)o2)c1. The number of rotatable bonds is 6. The Morgan fingerprint density at radius 3 is 2.50 bits per heavy atom. The zero-order valence-electron chi connectivity index (χ0n) is 17.4. The van der Waals surface area contributed by atoms with Gasteiger partial charge in [-0.1, -0.05) is 47.7 Å². The van der Waals surface area contributed by atoms with E-state index < -0.39 is 0 Å². The van der Waals surface area contributed by atoms with Crippen molar-refractivity contribution in [2.75, 3.05) is 0 Å². The first-order valence-corrected chi connectivity index (χ1v) is 10.7. The molecule has 0 aliphatic heterocycles. The van der Waals surface area contributed by atoms with E-state index in [1.807, 2.05) is 88.4 Å². The van der Waals surface area contributed by atoms with Crippen LogP contribution in [0.1, 0.15) is 34.2 Å². The minimum absolute atomic E-state index is 0.0468. The van der Waals surface area contributed by atoms with Gasteiger partial charge in [0.25, 0.3) is 5.22 Å². The lowest BCUT2D eigenvalue weighted by Crippen LogP contribution is -2.14. The average Bonchev–Trinajstić information content (AvgIpc) is 3.32. The van der Waals surface area contributed by atoms with Gasteiger partial charge in [-0.05, 0) is 58.0 Å². The molecule has 152 valence electrons. The molecule has 0 spiro atoms. The van der Waals surface area contributed by atoms with Gasteiger partial charge in [0.1, 0.15) is 0 Å². The number of nitrogens with zero attached hydrogens (tertiary/aromatic N) is 3. The smallest absolute Gasteiger partial charge is 0.277 e. The summed E-state index contributed by atoms with van der Waals surface area (Å²) in [5.41, 5.74) is 5.72. The fourth-order valence-electron chi connectivity index (χ4n) is 3.56. The number of ketones is 1. The van der Waals surface area contributed by atoms with Crippen molar-refractivity contribution < 1.29 is 9.21 Å².